The van der Waals surface area contributed by atoms with Gasteiger partial charge in [-0.15, -0.1) is 0 Å². The molecule has 0 saturated carbocycles. The molecule has 0 rings (SSSR count). The molecular weight excluding hydrogens is 193 g/mol. The van der Waals surface area contributed by atoms with Crippen LogP contribution in [0.5, 0.6) is 0 Å². The van der Waals surface area contributed by atoms with E-state index in [0.29, 0.717) is 6.08 Å². The van der Waals surface area contributed by atoms with Crippen LogP contribution in [-0.4, -0.2) is 11.3 Å². The van der Waals surface area contributed by atoms with Crippen molar-refractivity contribution in [3.05, 3.63) is 36.1 Å². The normalized spacial score (nSPS) is 13.0. The van der Waals surface area contributed by atoms with Gasteiger partial charge in [0, 0.05) is 5.57 Å². The summed E-state index contributed by atoms with van der Waals surface area (Å²) < 4.78 is 35.5. The fourth-order valence-corrected chi connectivity index (χ4v) is 0.473. The molecule has 0 aromatic heterocycles. The standard InChI is InChI=1S/C8H9F3O.C2H6/c1-3-4-7(12)5-6(2)8(9,10)11;1-2/h3-5,12H,1H2,2H3;1-2H3/b6-5+,7-4+;. The van der Waals surface area contributed by atoms with Gasteiger partial charge in [-0.2, -0.15) is 13.2 Å². The Labute approximate surface area is 82.3 Å². The first-order chi connectivity index (χ1) is 6.38. The maximum Gasteiger partial charge on any atom is 0.412 e. The summed E-state index contributed by atoms with van der Waals surface area (Å²) >= 11 is 0. The molecule has 0 aromatic carbocycles. The molecule has 0 atom stereocenters. The molecule has 0 radical (unpaired) electrons. The number of aliphatic hydroxyl groups is 1. The van der Waals surface area contributed by atoms with E-state index in [2.05, 4.69) is 6.58 Å². The number of hydrogen-bond donors (Lipinski definition) is 1. The van der Waals surface area contributed by atoms with Crippen LogP contribution in [0.4, 0.5) is 13.2 Å². The van der Waals surface area contributed by atoms with Crippen molar-refractivity contribution < 1.29 is 18.3 Å². The maximum atomic E-state index is 11.8. The van der Waals surface area contributed by atoms with Gasteiger partial charge in [0.1, 0.15) is 5.76 Å². The van der Waals surface area contributed by atoms with E-state index in [0.717, 1.165) is 13.0 Å². The largest absolute Gasteiger partial charge is 0.508 e. The first-order valence-corrected chi connectivity index (χ1v) is 4.15. The van der Waals surface area contributed by atoms with Crippen molar-refractivity contribution in [1.82, 2.24) is 0 Å². The lowest BCUT2D eigenvalue weighted by Gasteiger charge is -2.05. The number of rotatable bonds is 2. The van der Waals surface area contributed by atoms with Gasteiger partial charge in [0.05, 0.1) is 0 Å². The molecule has 1 nitrogen and oxygen atoms in total. The lowest BCUT2D eigenvalue weighted by Crippen LogP contribution is -2.08. The van der Waals surface area contributed by atoms with Crippen molar-refractivity contribution in [2.24, 2.45) is 0 Å². The van der Waals surface area contributed by atoms with E-state index in [4.69, 9.17) is 5.11 Å². The second kappa shape index (κ2) is 7.24. The molecule has 0 heterocycles. The van der Waals surface area contributed by atoms with Crippen LogP contribution in [0.3, 0.4) is 0 Å². The summed E-state index contributed by atoms with van der Waals surface area (Å²) in [6.45, 7) is 8.11. The summed E-state index contributed by atoms with van der Waals surface area (Å²) in [5.41, 5.74) is -0.849. The van der Waals surface area contributed by atoms with Gasteiger partial charge in [-0.1, -0.05) is 26.5 Å². The zero-order valence-electron chi connectivity index (χ0n) is 8.52. The molecule has 14 heavy (non-hydrogen) atoms. The molecule has 82 valence electrons. The lowest BCUT2D eigenvalue weighted by atomic mass is 10.2. The number of halogens is 3. The molecule has 0 fully saturated rings. The summed E-state index contributed by atoms with van der Waals surface area (Å²) in [5.74, 6) is -0.458. The summed E-state index contributed by atoms with van der Waals surface area (Å²) in [7, 11) is 0. The minimum Gasteiger partial charge on any atom is -0.508 e. The monoisotopic (exact) mass is 208 g/mol. The van der Waals surface area contributed by atoms with E-state index in [1.165, 1.54) is 6.08 Å². The molecule has 4 heteroatoms. The highest BCUT2D eigenvalue weighted by Crippen LogP contribution is 2.25. The smallest absolute Gasteiger partial charge is 0.412 e. The van der Waals surface area contributed by atoms with Gasteiger partial charge in [0.15, 0.2) is 0 Å². The van der Waals surface area contributed by atoms with Crippen molar-refractivity contribution >= 4 is 0 Å². The van der Waals surface area contributed by atoms with E-state index in [1.54, 1.807) is 0 Å². The Kier molecular flexibility index (Phi) is 7.90. The molecule has 0 spiro atoms. The van der Waals surface area contributed by atoms with E-state index < -0.39 is 17.5 Å². The molecule has 0 bridgehead atoms. The van der Waals surface area contributed by atoms with Crippen LogP contribution in [0, 0.1) is 0 Å². The number of alkyl halides is 3. The average molecular weight is 208 g/mol. The molecule has 0 aliphatic carbocycles. The fraction of sp³-hybridized carbons (Fsp3) is 0.400. The molecule has 1 N–H and O–H groups in total. The molecular formula is C10H15F3O. The number of hydrogen-bond acceptors (Lipinski definition) is 1. The van der Waals surface area contributed by atoms with Crippen LogP contribution in [0.15, 0.2) is 36.1 Å². The van der Waals surface area contributed by atoms with Crippen LogP contribution in [-0.2, 0) is 0 Å². The van der Waals surface area contributed by atoms with Crippen molar-refractivity contribution in [1.29, 1.82) is 0 Å². The molecule has 0 aliphatic heterocycles. The van der Waals surface area contributed by atoms with Gasteiger partial charge < -0.3 is 5.11 Å². The minimum absolute atomic E-state index is 0.458. The predicted octanol–water partition coefficient (Wildman–Crippen LogP) is 4.15. The van der Waals surface area contributed by atoms with Crippen molar-refractivity contribution in [2.75, 3.05) is 0 Å². The van der Waals surface area contributed by atoms with E-state index in [-0.39, 0.29) is 0 Å². The van der Waals surface area contributed by atoms with Crippen LogP contribution in [0.25, 0.3) is 0 Å². The molecule has 0 saturated heterocycles. The minimum atomic E-state index is -4.39. The zero-order valence-corrected chi connectivity index (χ0v) is 8.52. The van der Waals surface area contributed by atoms with E-state index in [9.17, 15) is 13.2 Å². The SMILES string of the molecule is C=C/C=C(O)\C=C(/C)C(F)(F)F.CC. The number of allylic oxidation sites excluding steroid dienone is 4. The Hall–Kier alpha value is -1.19. The highest BCUT2D eigenvalue weighted by molar-refractivity contribution is 5.22. The van der Waals surface area contributed by atoms with E-state index >= 15 is 0 Å². The van der Waals surface area contributed by atoms with E-state index in [1.807, 2.05) is 13.8 Å². The van der Waals surface area contributed by atoms with Gasteiger partial charge in [-0.3, -0.25) is 0 Å². The van der Waals surface area contributed by atoms with Crippen LogP contribution < -0.4 is 0 Å². The summed E-state index contributed by atoms with van der Waals surface area (Å²) in [4.78, 5) is 0. The molecule has 0 aliphatic rings. The Morgan fingerprint density at radius 1 is 1.29 bits per heavy atom. The fourth-order valence-electron chi connectivity index (χ4n) is 0.473. The van der Waals surface area contributed by atoms with Crippen molar-refractivity contribution in [2.45, 2.75) is 26.9 Å². The third-order valence-corrected chi connectivity index (χ3v) is 1.10. The second-order valence-corrected chi connectivity index (χ2v) is 2.15. The molecule has 0 aromatic rings. The predicted molar refractivity (Wildman–Crippen MR) is 52.1 cm³/mol. The van der Waals surface area contributed by atoms with Crippen LogP contribution in [0.2, 0.25) is 0 Å². The van der Waals surface area contributed by atoms with Crippen molar-refractivity contribution in [3.8, 4) is 0 Å². The van der Waals surface area contributed by atoms with Gasteiger partial charge in [-0.25, -0.2) is 0 Å². The lowest BCUT2D eigenvalue weighted by molar-refractivity contribution is -0.0915. The average Bonchev–Trinajstić information content (AvgIpc) is 2.06. The van der Waals surface area contributed by atoms with Crippen molar-refractivity contribution in [3.63, 3.8) is 0 Å². The summed E-state index contributed by atoms with van der Waals surface area (Å²) in [6, 6.07) is 0. The Balaban J connectivity index is 0. The number of aliphatic hydroxyl groups excluding tert-OH is 1. The first-order valence-electron chi connectivity index (χ1n) is 4.15. The maximum absolute atomic E-state index is 11.8. The topological polar surface area (TPSA) is 20.2 Å². The zero-order chi connectivity index (χ0) is 11.8. The quantitative estimate of drug-likeness (QED) is 0.534. The third-order valence-electron chi connectivity index (χ3n) is 1.10. The van der Waals surface area contributed by atoms with Crippen LogP contribution >= 0.6 is 0 Å². The summed E-state index contributed by atoms with van der Waals surface area (Å²) in [6.07, 6.45) is -1.46. The van der Waals surface area contributed by atoms with Gasteiger partial charge in [0.25, 0.3) is 0 Å². The first kappa shape index (κ1) is 15.3. The van der Waals surface area contributed by atoms with Gasteiger partial charge >= 0.3 is 6.18 Å². The van der Waals surface area contributed by atoms with Crippen LogP contribution in [0.1, 0.15) is 20.8 Å². The molecule has 0 unspecified atom stereocenters. The highest BCUT2D eigenvalue weighted by Gasteiger charge is 2.29. The van der Waals surface area contributed by atoms with Gasteiger partial charge in [0.2, 0.25) is 0 Å². The Bertz CT molecular complexity index is 224. The summed E-state index contributed by atoms with van der Waals surface area (Å²) in [5, 5.41) is 8.80. The van der Waals surface area contributed by atoms with Gasteiger partial charge in [-0.05, 0) is 19.1 Å². The Morgan fingerprint density at radius 2 is 1.71 bits per heavy atom. The Morgan fingerprint density at radius 3 is 2.00 bits per heavy atom. The second-order valence-electron chi connectivity index (χ2n) is 2.15. The highest BCUT2D eigenvalue weighted by atomic mass is 19.4. The molecule has 0 amide bonds. The third kappa shape index (κ3) is 7.46.